The SMILES string of the molecule is N#Cc1c(F)cc2c(c1F)CCO2. The van der Waals surface area contributed by atoms with Crippen LogP contribution in [0.15, 0.2) is 6.07 Å². The molecule has 66 valence electrons. The zero-order valence-corrected chi connectivity index (χ0v) is 6.60. The maximum absolute atomic E-state index is 13.3. The van der Waals surface area contributed by atoms with Crippen LogP contribution in [0.5, 0.6) is 5.75 Å². The fourth-order valence-corrected chi connectivity index (χ4v) is 1.37. The van der Waals surface area contributed by atoms with Crippen LogP contribution in [0, 0.1) is 23.0 Å². The molecule has 1 aromatic carbocycles. The van der Waals surface area contributed by atoms with Crippen molar-refractivity contribution in [1.82, 2.24) is 0 Å². The minimum absolute atomic E-state index is 0.217. The molecule has 0 atom stereocenters. The van der Waals surface area contributed by atoms with E-state index >= 15 is 0 Å². The van der Waals surface area contributed by atoms with Crippen LogP contribution in [-0.2, 0) is 6.42 Å². The number of fused-ring (bicyclic) bond motifs is 1. The molecule has 0 N–H and O–H groups in total. The Morgan fingerprint density at radius 3 is 2.92 bits per heavy atom. The third-order valence-electron chi connectivity index (χ3n) is 2.00. The normalized spacial score (nSPS) is 13.3. The van der Waals surface area contributed by atoms with Crippen LogP contribution in [-0.4, -0.2) is 6.61 Å². The molecule has 0 unspecified atom stereocenters. The molecule has 0 amide bonds. The van der Waals surface area contributed by atoms with Crippen molar-refractivity contribution >= 4 is 0 Å². The van der Waals surface area contributed by atoms with E-state index in [0.29, 0.717) is 18.6 Å². The highest BCUT2D eigenvalue weighted by Crippen LogP contribution is 2.31. The Bertz CT molecular complexity index is 408. The molecule has 0 bridgehead atoms. The van der Waals surface area contributed by atoms with Gasteiger partial charge in [-0.2, -0.15) is 5.26 Å². The largest absolute Gasteiger partial charge is 0.493 e. The molecule has 0 fully saturated rings. The van der Waals surface area contributed by atoms with E-state index in [0.717, 1.165) is 6.07 Å². The molecule has 1 aromatic rings. The van der Waals surface area contributed by atoms with E-state index < -0.39 is 17.2 Å². The highest BCUT2D eigenvalue weighted by Gasteiger charge is 2.22. The number of ether oxygens (including phenoxy) is 1. The average Bonchev–Trinajstić information content (AvgIpc) is 2.53. The first-order valence-electron chi connectivity index (χ1n) is 3.78. The Balaban J connectivity index is 2.71. The van der Waals surface area contributed by atoms with Crippen LogP contribution in [0.3, 0.4) is 0 Å². The van der Waals surface area contributed by atoms with Crippen LogP contribution < -0.4 is 4.74 Å². The fourth-order valence-electron chi connectivity index (χ4n) is 1.37. The van der Waals surface area contributed by atoms with Gasteiger partial charge in [0.25, 0.3) is 0 Å². The molecule has 2 nitrogen and oxygen atoms in total. The van der Waals surface area contributed by atoms with E-state index in [1.807, 2.05) is 0 Å². The van der Waals surface area contributed by atoms with E-state index in [-0.39, 0.29) is 5.75 Å². The summed E-state index contributed by atoms with van der Waals surface area (Å²) in [5.41, 5.74) is -0.220. The predicted molar refractivity (Wildman–Crippen MR) is 40.3 cm³/mol. The second kappa shape index (κ2) is 2.70. The van der Waals surface area contributed by atoms with Gasteiger partial charge in [0.1, 0.15) is 23.2 Å². The zero-order chi connectivity index (χ0) is 9.42. The van der Waals surface area contributed by atoms with E-state index in [9.17, 15) is 8.78 Å². The number of halogens is 2. The minimum Gasteiger partial charge on any atom is -0.493 e. The number of benzene rings is 1. The molecule has 4 heteroatoms. The summed E-state index contributed by atoms with van der Waals surface area (Å²) in [7, 11) is 0. The van der Waals surface area contributed by atoms with Crippen molar-refractivity contribution in [2.24, 2.45) is 0 Å². The van der Waals surface area contributed by atoms with Gasteiger partial charge >= 0.3 is 0 Å². The second-order valence-corrected chi connectivity index (χ2v) is 2.73. The van der Waals surface area contributed by atoms with Crippen molar-refractivity contribution in [2.45, 2.75) is 6.42 Å². The quantitative estimate of drug-likeness (QED) is 0.611. The number of nitrogens with zero attached hydrogens (tertiary/aromatic N) is 1. The van der Waals surface area contributed by atoms with Gasteiger partial charge in [-0.3, -0.25) is 0 Å². The third-order valence-corrected chi connectivity index (χ3v) is 2.00. The average molecular weight is 181 g/mol. The first-order valence-corrected chi connectivity index (χ1v) is 3.78. The summed E-state index contributed by atoms with van der Waals surface area (Å²) in [6.45, 7) is 0.348. The Labute approximate surface area is 73.4 Å². The Morgan fingerprint density at radius 2 is 2.23 bits per heavy atom. The van der Waals surface area contributed by atoms with E-state index in [1.54, 1.807) is 0 Å². The topological polar surface area (TPSA) is 33.0 Å². The summed E-state index contributed by atoms with van der Waals surface area (Å²) < 4.78 is 31.2. The molecular formula is C9H5F2NO. The smallest absolute Gasteiger partial charge is 0.150 e. The molecule has 1 aliphatic heterocycles. The molecule has 0 saturated heterocycles. The van der Waals surface area contributed by atoms with Gasteiger partial charge in [-0.05, 0) is 0 Å². The molecular weight excluding hydrogens is 176 g/mol. The van der Waals surface area contributed by atoms with Crippen LogP contribution in [0.4, 0.5) is 8.78 Å². The first-order chi connectivity index (χ1) is 6.24. The van der Waals surface area contributed by atoms with Gasteiger partial charge in [-0.15, -0.1) is 0 Å². The Kier molecular flexibility index (Phi) is 1.66. The number of hydrogen-bond donors (Lipinski definition) is 0. The lowest BCUT2D eigenvalue weighted by atomic mass is 10.1. The van der Waals surface area contributed by atoms with Gasteiger partial charge < -0.3 is 4.74 Å². The van der Waals surface area contributed by atoms with Crippen molar-refractivity contribution < 1.29 is 13.5 Å². The molecule has 0 aliphatic carbocycles. The van der Waals surface area contributed by atoms with Gasteiger partial charge in [0, 0.05) is 18.1 Å². The Morgan fingerprint density at radius 1 is 1.46 bits per heavy atom. The van der Waals surface area contributed by atoms with Gasteiger partial charge in [0.2, 0.25) is 0 Å². The highest BCUT2D eigenvalue weighted by molar-refractivity contribution is 5.46. The maximum atomic E-state index is 13.3. The lowest BCUT2D eigenvalue weighted by molar-refractivity contribution is 0.355. The maximum Gasteiger partial charge on any atom is 0.150 e. The monoisotopic (exact) mass is 181 g/mol. The predicted octanol–water partition coefficient (Wildman–Crippen LogP) is 1.77. The Hall–Kier alpha value is -1.63. The lowest BCUT2D eigenvalue weighted by Crippen LogP contribution is -1.94. The molecule has 1 aliphatic rings. The van der Waals surface area contributed by atoms with Crippen LogP contribution in [0.1, 0.15) is 11.1 Å². The molecule has 1 heterocycles. The molecule has 0 aromatic heterocycles. The summed E-state index contributed by atoms with van der Waals surface area (Å²) in [5.74, 6) is -1.43. The first kappa shape index (κ1) is 7.99. The van der Waals surface area contributed by atoms with E-state index in [2.05, 4.69) is 0 Å². The van der Waals surface area contributed by atoms with E-state index in [4.69, 9.17) is 10.00 Å². The third kappa shape index (κ3) is 1.04. The number of hydrogen-bond acceptors (Lipinski definition) is 2. The molecule has 0 saturated carbocycles. The lowest BCUT2D eigenvalue weighted by Gasteiger charge is -2.01. The summed E-state index contributed by atoms with van der Waals surface area (Å²) in [6, 6.07) is 2.55. The van der Waals surface area contributed by atoms with Crippen LogP contribution in [0.25, 0.3) is 0 Å². The van der Waals surface area contributed by atoms with Gasteiger partial charge in [0.15, 0.2) is 5.82 Å². The van der Waals surface area contributed by atoms with Crippen LogP contribution >= 0.6 is 0 Å². The van der Waals surface area contributed by atoms with Crippen molar-refractivity contribution in [3.63, 3.8) is 0 Å². The summed E-state index contributed by atoms with van der Waals surface area (Å²) in [5, 5.41) is 8.46. The number of rotatable bonds is 0. The molecule has 2 rings (SSSR count). The minimum atomic E-state index is -0.861. The molecule has 0 radical (unpaired) electrons. The van der Waals surface area contributed by atoms with E-state index in [1.165, 1.54) is 6.07 Å². The highest BCUT2D eigenvalue weighted by atomic mass is 19.1. The van der Waals surface area contributed by atoms with Gasteiger partial charge in [0.05, 0.1) is 6.61 Å². The van der Waals surface area contributed by atoms with Crippen molar-refractivity contribution in [1.29, 1.82) is 5.26 Å². The second-order valence-electron chi connectivity index (χ2n) is 2.73. The van der Waals surface area contributed by atoms with Crippen molar-refractivity contribution in [3.05, 3.63) is 28.8 Å². The van der Waals surface area contributed by atoms with Crippen molar-refractivity contribution in [2.75, 3.05) is 6.61 Å². The van der Waals surface area contributed by atoms with Crippen LogP contribution in [0.2, 0.25) is 0 Å². The van der Waals surface area contributed by atoms with Gasteiger partial charge in [-0.1, -0.05) is 0 Å². The standard InChI is InChI=1S/C9H5F2NO/c10-7-3-8-5(1-2-13-8)9(11)6(7)4-12/h3H,1-2H2. The summed E-state index contributed by atoms with van der Waals surface area (Å²) in [6.07, 6.45) is 0.399. The molecule has 0 spiro atoms. The summed E-state index contributed by atoms with van der Waals surface area (Å²) in [4.78, 5) is 0. The number of nitriles is 1. The molecule has 13 heavy (non-hydrogen) atoms. The van der Waals surface area contributed by atoms with Crippen molar-refractivity contribution in [3.8, 4) is 11.8 Å². The van der Waals surface area contributed by atoms with Gasteiger partial charge in [-0.25, -0.2) is 8.78 Å². The summed E-state index contributed by atoms with van der Waals surface area (Å²) >= 11 is 0. The zero-order valence-electron chi connectivity index (χ0n) is 6.60. The fraction of sp³-hybridized carbons (Fsp3) is 0.222.